The Kier molecular flexibility index (Phi) is 6.54. The molecular weight excluding hydrogens is 521 g/mol. The van der Waals surface area contributed by atoms with Crippen LogP contribution in [0.4, 0.5) is 13.2 Å². The van der Waals surface area contributed by atoms with E-state index < -0.39 is 52.3 Å². The van der Waals surface area contributed by atoms with Gasteiger partial charge in [-0.3, -0.25) is 9.59 Å². The van der Waals surface area contributed by atoms with Crippen LogP contribution in [0.25, 0.3) is 0 Å². The van der Waals surface area contributed by atoms with E-state index in [0.717, 1.165) is 19.3 Å². The SMILES string of the molecule is C[C@H]1[C@H](C)CC[C@]2(C)CC[C@]3(C)C(=CC(=O)[C@@H]4[C@@]5(C)CC[C@@H](OC(=O)C(F)(F)F)[C@](C)(C(=O)O)[C@@H]5CC[C@]43C)[C@H]12. The highest BCUT2D eigenvalue weighted by molar-refractivity contribution is 5.96. The number of fused-ring (bicyclic) bond motifs is 7. The molecule has 0 spiro atoms. The third-order valence-electron chi connectivity index (χ3n) is 13.7. The van der Waals surface area contributed by atoms with Crippen LogP contribution in [0.1, 0.15) is 99.8 Å². The van der Waals surface area contributed by atoms with Crippen LogP contribution in [0.2, 0.25) is 0 Å². The van der Waals surface area contributed by atoms with Gasteiger partial charge >= 0.3 is 18.1 Å². The molecule has 4 saturated carbocycles. The Morgan fingerprint density at radius 3 is 2.20 bits per heavy atom. The highest BCUT2D eigenvalue weighted by Crippen LogP contribution is 2.75. The van der Waals surface area contributed by atoms with Gasteiger partial charge in [0.15, 0.2) is 5.78 Å². The Balaban J connectivity index is 1.58. The van der Waals surface area contributed by atoms with Crippen LogP contribution in [0.15, 0.2) is 11.6 Å². The van der Waals surface area contributed by atoms with Gasteiger partial charge in [0.2, 0.25) is 0 Å². The summed E-state index contributed by atoms with van der Waals surface area (Å²) in [6.07, 6.45) is 1.06. The van der Waals surface area contributed by atoms with Gasteiger partial charge < -0.3 is 9.84 Å². The van der Waals surface area contributed by atoms with E-state index in [0.29, 0.717) is 37.0 Å². The number of ether oxygens (including phenoxy) is 1. The van der Waals surface area contributed by atoms with E-state index in [4.69, 9.17) is 4.74 Å². The average molecular weight is 567 g/mol. The Morgan fingerprint density at radius 2 is 1.60 bits per heavy atom. The lowest BCUT2D eigenvalue weighted by molar-refractivity contribution is -0.237. The van der Waals surface area contributed by atoms with E-state index in [9.17, 15) is 32.7 Å². The van der Waals surface area contributed by atoms with E-state index in [1.165, 1.54) is 18.9 Å². The largest absolute Gasteiger partial charge is 0.490 e. The van der Waals surface area contributed by atoms with Gasteiger partial charge in [-0.15, -0.1) is 0 Å². The predicted octanol–water partition coefficient (Wildman–Crippen LogP) is 7.38. The smallest absolute Gasteiger partial charge is 0.481 e. The van der Waals surface area contributed by atoms with Crippen molar-refractivity contribution in [3.63, 3.8) is 0 Å². The molecule has 11 atom stereocenters. The summed E-state index contributed by atoms with van der Waals surface area (Å²) in [5, 5.41) is 10.4. The van der Waals surface area contributed by atoms with Crippen molar-refractivity contribution in [3.8, 4) is 0 Å². The molecule has 0 saturated heterocycles. The van der Waals surface area contributed by atoms with Crippen molar-refractivity contribution < 1.29 is 37.4 Å². The number of allylic oxidation sites excluding steroid dienone is 2. The first-order valence-electron chi connectivity index (χ1n) is 15.0. The second-order valence-corrected chi connectivity index (χ2v) is 15.3. The molecule has 5 aliphatic rings. The number of rotatable bonds is 2. The van der Waals surface area contributed by atoms with Crippen molar-refractivity contribution in [1.82, 2.24) is 0 Å². The number of halogens is 3. The molecule has 0 aromatic carbocycles. The van der Waals surface area contributed by atoms with Gasteiger partial charge in [-0.1, -0.05) is 47.1 Å². The molecule has 0 aromatic heterocycles. The van der Waals surface area contributed by atoms with Crippen molar-refractivity contribution in [3.05, 3.63) is 11.6 Å². The number of hydrogen-bond donors (Lipinski definition) is 1. The van der Waals surface area contributed by atoms with Crippen LogP contribution in [0, 0.1) is 56.7 Å². The van der Waals surface area contributed by atoms with Crippen LogP contribution in [0.3, 0.4) is 0 Å². The molecular formula is C32H45F3O5. The molecule has 40 heavy (non-hydrogen) atoms. The highest BCUT2D eigenvalue weighted by Gasteiger charge is 2.72. The summed E-state index contributed by atoms with van der Waals surface area (Å²) in [6.45, 7) is 15.0. The zero-order valence-corrected chi connectivity index (χ0v) is 24.9. The number of alkyl halides is 3. The fraction of sp³-hybridized carbons (Fsp3) is 0.844. The fourth-order valence-corrected chi connectivity index (χ4v) is 11.0. The number of esters is 1. The topological polar surface area (TPSA) is 80.7 Å². The van der Waals surface area contributed by atoms with Crippen molar-refractivity contribution in [1.29, 1.82) is 0 Å². The molecule has 5 rings (SSSR count). The lowest BCUT2D eigenvalue weighted by atomic mass is 9.33. The summed E-state index contributed by atoms with van der Waals surface area (Å²) < 4.78 is 44.2. The second kappa shape index (κ2) is 8.82. The van der Waals surface area contributed by atoms with Gasteiger partial charge in [-0.25, -0.2) is 4.79 Å². The zero-order chi connectivity index (χ0) is 29.8. The summed E-state index contributed by atoms with van der Waals surface area (Å²) in [5.74, 6) is -3.31. The normalized spacial score (nSPS) is 50.5. The van der Waals surface area contributed by atoms with Gasteiger partial charge in [0.05, 0.1) is 0 Å². The van der Waals surface area contributed by atoms with Crippen molar-refractivity contribution in [2.75, 3.05) is 0 Å². The summed E-state index contributed by atoms with van der Waals surface area (Å²) in [6, 6.07) is 0. The summed E-state index contributed by atoms with van der Waals surface area (Å²) in [4.78, 5) is 39.0. The molecule has 224 valence electrons. The maximum atomic E-state index is 14.4. The molecule has 4 fully saturated rings. The number of carbonyl (C=O) groups is 3. The first kappa shape index (κ1) is 29.6. The molecule has 1 N–H and O–H groups in total. The number of carboxylic acids is 1. The van der Waals surface area contributed by atoms with E-state index in [2.05, 4.69) is 34.6 Å². The van der Waals surface area contributed by atoms with Gasteiger partial charge in [0.1, 0.15) is 11.5 Å². The highest BCUT2D eigenvalue weighted by atomic mass is 19.4. The van der Waals surface area contributed by atoms with Crippen LogP contribution in [-0.2, 0) is 19.1 Å². The minimum Gasteiger partial charge on any atom is -0.481 e. The monoisotopic (exact) mass is 566 g/mol. The summed E-state index contributed by atoms with van der Waals surface area (Å²) in [5.41, 5.74) is -1.69. The van der Waals surface area contributed by atoms with Gasteiger partial charge in [0.25, 0.3) is 0 Å². The second-order valence-electron chi connectivity index (χ2n) is 15.3. The van der Waals surface area contributed by atoms with Crippen molar-refractivity contribution in [2.45, 2.75) is 112 Å². The Bertz CT molecular complexity index is 1160. The number of hydrogen-bond acceptors (Lipinski definition) is 4. The minimum atomic E-state index is -5.20. The van der Waals surface area contributed by atoms with Crippen LogP contribution in [0.5, 0.6) is 0 Å². The third kappa shape index (κ3) is 3.68. The molecule has 0 radical (unpaired) electrons. The molecule has 0 aliphatic heterocycles. The zero-order valence-electron chi connectivity index (χ0n) is 24.9. The summed E-state index contributed by atoms with van der Waals surface area (Å²) in [7, 11) is 0. The van der Waals surface area contributed by atoms with E-state index in [-0.39, 0.29) is 23.0 Å². The van der Waals surface area contributed by atoms with Gasteiger partial charge in [-0.05, 0) is 110 Å². The molecule has 8 heteroatoms. The van der Waals surface area contributed by atoms with Crippen molar-refractivity contribution in [2.24, 2.45) is 56.7 Å². The first-order valence-corrected chi connectivity index (χ1v) is 15.0. The molecule has 0 amide bonds. The summed E-state index contributed by atoms with van der Waals surface area (Å²) >= 11 is 0. The van der Waals surface area contributed by atoms with E-state index in [1.807, 2.05) is 13.0 Å². The Morgan fingerprint density at radius 1 is 0.950 bits per heavy atom. The number of carboxylic acid groups (broad SMARTS) is 1. The molecule has 5 nitrogen and oxygen atoms in total. The lowest BCUT2D eigenvalue weighted by Gasteiger charge is -2.70. The lowest BCUT2D eigenvalue weighted by Crippen LogP contribution is -2.68. The molecule has 0 heterocycles. The van der Waals surface area contributed by atoms with Crippen LogP contribution < -0.4 is 0 Å². The predicted molar refractivity (Wildman–Crippen MR) is 143 cm³/mol. The molecule has 0 unspecified atom stereocenters. The Labute approximate surface area is 235 Å². The maximum Gasteiger partial charge on any atom is 0.490 e. The maximum absolute atomic E-state index is 14.4. The van der Waals surface area contributed by atoms with Gasteiger partial charge in [0, 0.05) is 5.92 Å². The quantitative estimate of drug-likeness (QED) is 0.353. The van der Waals surface area contributed by atoms with Crippen LogP contribution in [-0.4, -0.2) is 35.1 Å². The molecule has 0 aromatic rings. The first-order chi connectivity index (χ1) is 18.3. The van der Waals surface area contributed by atoms with E-state index >= 15 is 0 Å². The standard InChI is InChI=1S/C32H45F3O5/c1-17-8-11-27(3)14-15-29(5)19(23(27)18(17)2)16-20(36)24-28(4)12-10-22(40-26(39)32(33,34)35)31(7,25(37)38)21(28)9-13-30(24,29)6/h16-18,21-24H,8-15H2,1-7H3,(H,37,38)/t17-,18+,21-,22-,23+,24-,27-,28+,29-,30-,31-/m1/s1. The van der Waals surface area contributed by atoms with Crippen LogP contribution >= 0.6 is 0 Å². The van der Waals surface area contributed by atoms with Gasteiger partial charge in [-0.2, -0.15) is 13.2 Å². The number of carbonyl (C=O) groups excluding carboxylic acids is 2. The number of aliphatic carboxylic acids is 1. The third-order valence-corrected chi connectivity index (χ3v) is 13.7. The Hall–Kier alpha value is -1.86. The van der Waals surface area contributed by atoms with E-state index in [1.54, 1.807) is 0 Å². The van der Waals surface area contributed by atoms with Crippen molar-refractivity contribution >= 4 is 17.7 Å². The fourth-order valence-electron chi connectivity index (χ4n) is 11.0. The average Bonchev–Trinajstić information content (AvgIpc) is 2.84. The molecule has 5 aliphatic carbocycles. The minimum absolute atomic E-state index is 0.0278. The number of ketones is 1. The molecule has 0 bridgehead atoms.